The Hall–Kier alpha value is -1.54. The molecule has 1 aromatic carbocycles. The van der Waals surface area contributed by atoms with Gasteiger partial charge in [-0.15, -0.1) is 11.3 Å². The van der Waals surface area contributed by atoms with E-state index in [0.717, 1.165) is 0 Å². The van der Waals surface area contributed by atoms with E-state index in [4.69, 9.17) is 14.7 Å². The minimum atomic E-state index is -0.480. The lowest BCUT2D eigenvalue weighted by Gasteiger charge is -2.05. The summed E-state index contributed by atoms with van der Waals surface area (Å²) in [6.07, 6.45) is 0. The van der Waals surface area contributed by atoms with Gasteiger partial charge < -0.3 is 9.84 Å². The van der Waals surface area contributed by atoms with E-state index in [1.807, 2.05) is 0 Å². The Labute approximate surface area is 118 Å². The molecule has 5 nitrogen and oxygen atoms in total. The average Bonchev–Trinajstić information content (AvgIpc) is 2.80. The lowest BCUT2D eigenvalue weighted by atomic mass is 10.1. The Morgan fingerprint density at radius 2 is 2.30 bits per heavy atom. The van der Waals surface area contributed by atoms with Crippen molar-refractivity contribution in [2.75, 3.05) is 20.3 Å². The van der Waals surface area contributed by atoms with E-state index in [0.29, 0.717) is 20.5 Å². The second kappa shape index (κ2) is 6.76. The lowest BCUT2D eigenvalue weighted by molar-refractivity contribution is 0.0169. The number of carbonyl (C=O) groups is 1. The molecule has 2 N–H and O–H groups in total. The van der Waals surface area contributed by atoms with Crippen molar-refractivity contribution in [1.82, 2.24) is 5.48 Å². The van der Waals surface area contributed by atoms with Crippen LogP contribution in [-0.4, -0.2) is 31.3 Å². The number of rotatable bonds is 6. The van der Waals surface area contributed by atoms with E-state index in [2.05, 4.69) is 5.48 Å². The summed E-state index contributed by atoms with van der Waals surface area (Å²) in [6.45, 7) is -0.0828. The molecule has 20 heavy (non-hydrogen) atoms. The Morgan fingerprint density at radius 3 is 3.00 bits per heavy atom. The number of hydrogen-bond acceptors (Lipinski definition) is 5. The van der Waals surface area contributed by atoms with E-state index in [-0.39, 0.29) is 25.6 Å². The molecule has 0 fully saturated rings. The fourth-order valence-electron chi connectivity index (χ4n) is 1.84. The summed E-state index contributed by atoms with van der Waals surface area (Å²) in [5, 5.41) is 8.99. The normalized spacial score (nSPS) is 10.9. The first kappa shape index (κ1) is 14.9. The molecule has 0 saturated carbocycles. The molecule has 2 rings (SSSR count). The lowest BCUT2D eigenvalue weighted by Crippen LogP contribution is -2.25. The minimum Gasteiger partial charge on any atom is -0.394 e. The van der Waals surface area contributed by atoms with Crippen LogP contribution in [0, 0.1) is 5.82 Å². The average molecular weight is 299 g/mol. The summed E-state index contributed by atoms with van der Waals surface area (Å²) in [7, 11) is 1.48. The molecule has 0 spiro atoms. The van der Waals surface area contributed by atoms with Crippen molar-refractivity contribution in [2.45, 2.75) is 6.61 Å². The molecule has 1 heterocycles. The van der Waals surface area contributed by atoms with E-state index in [9.17, 15) is 9.18 Å². The topological polar surface area (TPSA) is 67.8 Å². The number of hydrogen-bond donors (Lipinski definition) is 2. The molecule has 2 aromatic rings. The van der Waals surface area contributed by atoms with Gasteiger partial charge in [-0.3, -0.25) is 9.63 Å². The second-order valence-corrected chi connectivity index (χ2v) is 5.01. The van der Waals surface area contributed by atoms with E-state index in [1.54, 1.807) is 12.1 Å². The zero-order valence-corrected chi connectivity index (χ0v) is 11.6. The number of benzene rings is 1. The van der Waals surface area contributed by atoms with Gasteiger partial charge in [0.1, 0.15) is 10.7 Å². The minimum absolute atomic E-state index is 0.00932. The molecule has 1 aromatic heterocycles. The molecule has 0 aliphatic rings. The largest absolute Gasteiger partial charge is 0.394 e. The number of nitrogens with one attached hydrogen (secondary N) is 1. The van der Waals surface area contributed by atoms with Gasteiger partial charge in [0, 0.05) is 22.8 Å². The Morgan fingerprint density at radius 1 is 1.50 bits per heavy atom. The highest BCUT2D eigenvalue weighted by Crippen LogP contribution is 2.33. The van der Waals surface area contributed by atoms with Crippen LogP contribution < -0.4 is 5.48 Å². The number of halogens is 1. The number of methoxy groups -OCH3 is 1. The monoisotopic (exact) mass is 299 g/mol. The zero-order chi connectivity index (χ0) is 14.5. The zero-order valence-electron chi connectivity index (χ0n) is 10.8. The Balaban J connectivity index is 2.39. The van der Waals surface area contributed by atoms with Crippen LogP contribution in [0.5, 0.6) is 0 Å². The molecule has 1 amide bonds. The van der Waals surface area contributed by atoms with Gasteiger partial charge in [0.15, 0.2) is 0 Å². The third-order valence-corrected chi connectivity index (χ3v) is 3.81. The Bertz CT molecular complexity index is 614. The Kier molecular flexibility index (Phi) is 5.02. The number of thiophene rings is 1. The van der Waals surface area contributed by atoms with Gasteiger partial charge in [-0.25, -0.2) is 9.87 Å². The van der Waals surface area contributed by atoms with Gasteiger partial charge in [-0.1, -0.05) is 6.07 Å². The van der Waals surface area contributed by atoms with Crippen LogP contribution in [0.1, 0.15) is 15.2 Å². The molecule has 0 radical (unpaired) electrons. The fourth-order valence-corrected chi connectivity index (χ4v) is 2.95. The highest BCUT2D eigenvalue weighted by molar-refractivity contribution is 7.21. The molecule has 0 unspecified atom stereocenters. The van der Waals surface area contributed by atoms with Crippen molar-refractivity contribution in [1.29, 1.82) is 0 Å². The molecule has 108 valence electrons. The summed E-state index contributed by atoms with van der Waals surface area (Å²) in [5.41, 5.74) is 2.71. The molecule has 0 aliphatic carbocycles. The van der Waals surface area contributed by atoms with Crippen molar-refractivity contribution in [3.63, 3.8) is 0 Å². The smallest absolute Gasteiger partial charge is 0.285 e. The molecule has 0 saturated heterocycles. The van der Waals surface area contributed by atoms with Crippen LogP contribution in [0.15, 0.2) is 18.2 Å². The summed E-state index contributed by atoms with van der Waals surface area (Å²) >= 11 is 1.17. The summed E-state index contributed by atoms with van der Waals surface area (Å²) in [4.78, 5) is 17.1. The van der Waals surface area contributed by atoms with Crippen LogP contribution in [0.4, 0.5) is 4.39 Å². The molecular weight excluding hydrogens is 285 g/mol. The van der Waals surface area contributed by atoms with Gasteiger partial charge in [-0.05, 0) is 12.1 Å². The van der Waals surface area contributed by atoms with Crippen molar-refractivity contribution in [3.8, 4) is 0 Å². The number of ether oxygens (including phenoxy) is 1. The van der Waals surface area contributed by atoms with Crippen molar-refractivity contribution in [3.05, 3.63) is 34.5 Å². The maximum atomic E-state index is 13.9. The fraction of sp³-hybridized carbons (Fsp3) is 0.308. The van der Waals surface area contributed by atoms with Crippen LogP contribution in [0.3, 0.4) is 0 Å². The summed E-state index contributed by atoms with van der Waals surface area (Å²) in [6, 6.07) is 4.68. The predicted molar refractivity (Wildman–Crippen MR) is 73.0 cm³/mol. The maximum absolute atomic E-state index is 13.9. The summed E-state index contributed by atoms with van der Waals surface area (Å²) in [5.74, 6) is -0.868. The van der Waals surface area contributed by atoms with Crippen LogP contribution >= 0.6 is 11.3 Å². The van der Waals surface area contributed by atoms with Gasteiger partial charge in [0.25, 0.3) is 5.91 Å². The molecular formula is C13H14FNO4S. The summed E-state index contributed by atoms with van der Waals surface area (Å²) < 4.78 is 19.6. The van der Waals surface area contributed by atoms with Gasteiger partial charge in [0.2, 0.25) is 0 Å². The number of aliphatic hydroxyl groups excluding tert-OH is 1. The van der Waals surface area contributed by atoms with Crippen LogP contribution in [0.2, 0.25) is 0 Å². The van der Waals surface area contributed by atoms with E-state index in [1.165, 1.54) is 24.5 Å². The van der Waals surface area contributed by atoms with Gasteiger partial charge in [-0.2, -0.15) is 0 Å². The molecule has 0 atom stereocenters. The predicted octanol–water partition coefficient (Wildman–Crippen LogP) is 1.84. The number of fused-ring (bicyclic) bond motifs is 1. The van der Waals surface area contributed by atoms with Crippen molar-refractivity contribution in [2.24, 2.45) is 0 Å². The van der Waals surface area contributed by atoms with Crippen molar-refractivity contribution >= 4 is 27.3 Å². The number of carbonyl (C=O) groups excluding carboxylic acids is 1. The first-order valence-corrected chi connectivity index (χ1v) is 6.72. The van der Waals surface area contributed by atoms with E-state index >= 15 is 0 Å². The molecule has 0 aliphatic heterocycles. The molecule has 7 heteroatoms. The number of hydroxylamine groups is 1. The first-order valence-electron chi connectivity index (χ1n) is 5.90. The van der Waals surface area contributed by atoms with Crippen LogP contribution in [-0.2, 0) is 16.2 Å². The van der Waals surface area contributed by atoms with E-state index < -0.39 is 5.91 Å². The third kappa shape index (κ3) is 2.96. The highest BCUT2D eigenvalue weighted by atomic mass is 32.1. The SMILES string of the molecule is COCc1c(C(=O)NOCCO)sc2cccc(F)c12. The first-order chi connectivity index (χ1) is 9.69. The maximum Gasteiger partial charge on any atom is 0.285 e. The van der Waals surface area contributed by atoms with Gasteiger partial charge in [0.05, 0.1) is 19.8 Å². The molecule has 0 bridgehead atoms. The van der Waals surface area contributed by atoms with Gasteiger partial charge >= 0.3 is 0 Å². The number of amides is 1. The third-order valence-electron chi connectivity index (χ3n) is 2.62. The van der Waals surface area contributed by atoms with Crippen molar-refractivity contribution < 1.29 is 23.9 Å². The quantitative estimate of drug-likeness (QED) is 0.631. The standard InChI is InChI=1S/C13H14FNO4S/c1-18-7-8-11-9(14)3-2-4-10(11)20-12(8)13(17)15-19-6-5-16/h2-4,16H,5-7H2,1H3,(H,15,17). The van der Waals surface area contributed by atoms with Crippen LogP contribution in [0.25, 0.3) is 10.1 Å². The highest BCUT2D eigenvalue weighted by Gasteiger charge is 2.20. The second-order valence-electron chi connectivity index (χ2n) is 3.96. The number of aliphatic hydroxyl groups is 1.